The predicted octanol–water partition coefficient (Wildman–Crippen LogP) is 16.3. The molecule has 0 saturated heterocycles. The predicted molar refractivity (Wildman–Crippen MR) is 244 cm³/mol. The van der Waals surface area contributed by atoms with Crippen LogP contribution in [-0.4, -0.2) is 0 Å². The molecule has 0 bridgehead atoms. The first-order chi connectivity index (χ1) is 27.8. The first-order valence-corrected chi connectivity index (χ1v) is 22.2. The Labute approximate surface area is 343 Å². The van der Waals surface area contributed by atoms with Gasteiger partial charge in [-0.05, 0) is 142 Å². The lowest BCUT2D eigenvalue weighted by Crippen LogP contribution is -2.23. The van der Waals surface area contributed by atoms with Gasteiger partial charge in [0.25, 0.3) is 0 Å². The van der Waals surface area contributed by atoms with Gasteiger partial charge in [-0.1, -0.05) is 175 Å². The highest BCUT2D eigenvalue weighted by Crippen LogP contribution is 2.54. The fourth-order valence-corrected chi connectivity index (χ4v) is 10.6. The van der Waals surface area contributed by atoms with Gasteiger partial charge in [-0.3, -0.25) is 0 Å². The van der Waals surface area contributed by atoms with Crippen LogP contribution >= 0.6 is 0 Å². The molecule has 9 rings (SSSR count). The van der Waals surface area contributed by atoms with Crippen molar-refractivity contribution in [3.8, 4) is 22.3 Å². The van der Waals surface area contributed by atoms with Gasteiger partial charge in [0.15, 0.2) is 0 Å². The van der Waals surface area contributed by atoms with Gasteiger partial charge in [0.05, 0.1) is 0 Å². The summed E-state index contributed by atoms with van der Waals surface area (Å²) in [5, 5.41) is 0. The van der Waals surface area contributed by atoms with Crippen LogP contribution in [-0.2, 0) is 10.8 Å². The molecular formula is C56H61N. The Kier molecular flexibility index (Phi) is 10.5. The average molecular weight is 748 g/mol. The molecule has 0 radical (unpaired) electrons. The molecule has 3 aliphatic carbocycles. The Morgan fingerprint density at radius 2 is 0.912 bits per heavy atom. The van der Waals surface area contributed by atoms with Crippen LogP contribution in [0.5, 0.6) is 0 Å². The van der Waals surface area contributed by atoms with Crippen molar-refractivity contribution in [2.75, 3.05) is 4.90 Å². The van der Waals surface area contributed by atoms with Crippen molar-refractivity contribution in [3.63, 3.8) is 0 Å². The number of anilines is 3. The fourth-order valence-electron chi connectivity index (χ4n) is 10.6. The van der Waals surface area contributed by atoms with Gasteiger partial charge in [-0.25, -0.2) is 0 Å². The van der Waals surface area contributed by atoms with Crippen molar-refractivity contribution in [2.24, 2.45) is 0 Å². The summed E-state index contributed by atoms with van der Waals surface area (Å²) >= 11 is 0. The van der Waals surface area contributed by atoms with E-state index in [1.807, 2.05) is 0 Å². The SMILES string of the molecule is CC(C)(C)c1ccc(C2(C)c3ccccc3-c3ccc(N(c4ccc(-c5ccc(C6CCCCCCC6)cc5)cc4)c4ccc(C5CCCCC5)cc4)cc32)cc1. The maximum atomic E-state index is 2.49. The molecule has 6 aromatic carbocycles. The molecule has 1 nitrogen and oxygen atoms in total. The first-order valence-electron chi connectivity index (χ1n) is 22.2. The van der Waals surface area contributed by atoms with E-state index in [2.05, 4.69) is 172 Å². The number of fused-ring (bicyclic) bond motifs is 3. The van der Waals surface area contributed by atoms with E-state index < -0.39 is 0 Å². The summed E-state index contributed by atoms with van der Waals surface area (Å²) < 4.78 is 0. The summed E-state index contributed by atoms with van der Waals surface area (Å²) in [5.74, 6) is 1.40. The highest BCUT2D eigenvalue weighted by molar-refractivity contribution is 5.87. The van der Waals surface area contributed by atoms with E-state index in [1.165, 1.54) is 150 Å². The molecule has 3 aliphatic rings. The van der Waals surface area contributed by atoms with Gasteiger partial charge >= 0.3 is 0 Å². The quantitative estimate of drug-likeness (QED) is 0.157. The van der Waals surface area contributed by atoms with Crippen LogP contribution in [0.3, 0.4) is 0 Å². The van der Waals surface area contributed by atoms with Gasteiger partial charge in [-0.2, -0.15) is 0 Å². The molecule has 2 fully saturated rings. The van der Waals surface area contributed by atoms with E-state index in [9.17, 15) is 0 Å². The number of nitrogens with zero attached hydrogens (tertiary/aromatic N) is 1. The van der Waals surface area contributed by atoms with Crippen LogP contribution in [0.4, 0.5) is 17.1 Å². The average Bonchev–Trinajstić information content (AvgIpc) is 3.49. The minimum absolute atomic E-state index is 0.109. The van der Waals surface area contributed by atoms with Crippen LogP contribution in [0.15, 0.2) is 140 Å². The first kappa shape index (κ1) is 37.7. The molecule has 0 N–H and O–H groups in total. The molecule has 6 aromatic rings. The van der Waals surface area contributed by atoms with Gasteiger partial charge in [0.2, 0.25) is 0 Å². The van der Waals surface area contributed by atoms with E-state index in [0.717, 1.165) is 0 Å². The largest absolute Gasteiger partial charge is 0.310 e. The Morgan fingerprint density at radius 1 is 0.456 bits per heavy atom. The van der Waals surface area contributed by atoms with E-state index >= 15 is 0 Å². The lowest BCUT2D eigenvalue weighted by Gasteiger charge is -2.31. The molecule has 1 heteroatoms. The highest BCUT2D eigenvalue weighted by atomic mass is 15.1. The standard InChI is InChI=1S/C56H61N/c1-55(2,3)46-29-31-47(32-30-46)56(4)53-20-14-13-19-51(53)52-38-37-50(39-54(52)56)57(48-33-25-44(26-34-48)41-17-11-8-12-18-41)49-35-27-45(28-36-49)43-23-21-42(22-24-43)40-15-9-6-5-7-10-16-40/h13-14,19-41H,5-12,15-18H2,1-4H3. The van der Waals surface area contributed by atoms with E-state index in [0.29, 0.717) is 11.8 Å². The molecule has 0 amide bonds. The van der Waals surface area contributed by atoms with E-state index in [4.69, 9.17) is 0 Å². The molecule has 1 atom stereocenters. The monoisotopic (exact) mass is 747 g/mol. The minimum Gasteiger partial charge on any atom is -0.310 e. The van der Waals surface area contributed by atoms with Crippen LogP contribution in [0, 0.1) is 0 Å². The number of benzene rings is 6. The lowest BCUT2D eigenvalue weighted by atomic mass is 9.73. The van der Waals surface area contributed by atoms with Crippen LogP contribution < -0.4 is 4.90 Å². The second-order valence-corrected chi connectivity index (χ2v) is 18.7. The fraction of sp³-hybridized carbons (Fsp3) is 0.357. The van der Waals surface area contributed by atoms with Crippen molar-refractivity contribution in [1.29, 1.82) is 0 Å². The summed E-state index contributed by atoms with van der Waals surface area (Å²) in [6.45, 7) is 9.34. The lowest BCUT2D eigenvalue weighted by molar-refractivity contribution is 0.443. The summed E-state index contributed by atoms with van der Waals surface area (Å²) in [7, 11) is 0. The zero-order valence-electron chi connectivity index (χ0n) is 34.9. The number of hydrogen-bond donors (Lipinski definition) is 0. The van der Waals surface area contributed by atoms with Gasteiger partial charge in [0, 0.05) is 22.5 Å². The molecular weight excluding hydrogens is 687 g/mol. The van der Waals surface area contributed by atoms with Crippen LogP contribution in [0.2, 0.25) is 0 Å². The Bertz CT molecular complexity index is 2270. The summed E-state index contributed by atoms with van der Waals surface area (Å²) in [5.41, 5.74) is 17.1. The Hall–Kier alpha value is -4.88. The normalized spacial score (nSPS) is 19.0. The van der Waals surface area contributed by atoms with E-state index in [-0.39, 0.29) is 10.8 Å². The Balaban J connectivity index is 1.10. The molecule has 0 aromatic heterocycles. The minimum atomic E-state index is -0.277. The molecule has 0 heterocycles. The maximum Gasteiger partial charge on any atom is 0.0465 e. The second-order valence-electron chi connectivity index (χ2n) is 18.7. The van der Waals surface area contributed by atoms with Crippen molar-refractivity contribution in [2.45, 2.75) is 127 Å². The summed E-state index contributed by atoms with van der Waals surface area (Å²) in [4.78, 5) is 2.48. The third-order valence-corrected chi connectivity index (χ3v) is 14.1. The van der Waals surface area contributed by atoms with Crippen molar-refractivity contribution >= 4 is 17.1 Å². The number of hydrogen-bond acceptors (Lipinski definition) is 1. The maximum absolute atomic E-state index is 2.49. The van der Waals surface area contributed by atoms with E-state index in [1.54, 1.807) is 0 Å². The third-order valence-electron chi connectivity index (χ3n) is 14.1. The zero-order chi connectivity index (χ0) is 39.0. The van der Waals surface area contributed by atoms with Crippen molar-refractivity contribution in [1.82, 2.24) is 0 Å². The molecule has 57 heavy (non-hydrogen) atoms. The Morgan fingerprint density at radius 3 is 1.49 bits per heavy atom. The van der Waals surface area contributed by atoms with Crippen molar-refractivity contribution in [3.05, 3.63) is 173 Å². The third kappa shape index (κ3) is 7.40. The molecule has 290 valence electrons. The summed E-state index contributed by atoms with van der Waals surface area (Å²) in [6, 6.07) is 54.2. The van der Waals surface area contributed by atoms with Gasteiger partial charge in [0.1, 0.15) is 0 Å². The van der Waals surface area contributed by atoms with Crippen LogP contribution in [0.25, 0.3) is 22.3 Å². The summed E-state index contributed by atoms with van der Waals surface area (Å²) in [6.07, 6.45) is 16.3. The van der Waals surface area contributed by atoms with Crippen LogP contribution in [0.1, 0.15) is 150 Å². The molecule has 0 spiro atoms. The van der Waals surface area contributed by atoms with Gasteiger partial charge in [-0.15, -0.1) is 0 Å². The van der Waals surface area contributed by atoms with Crippen molar-refractivity contribution < 1.29 is 0 Å². The highest BCUT2D eigenvalue weighted by Gasteiger charge is 2.41. The molecule has 1 unspecified atom stereocenters. The second kappa shape index (κ2) is 15.8. The molecule has 0 aliphatic heterocycles. The van der Waals surface area contributed by atoms with Gasteiger partial charge < -0.3 is 4.90 Å². The number of rotatable bonds is 7. The molecule has 2 saturated carbocycles. The smallest absolute Gasteiger partial charge is 0.0465 e. The topological polar surface area (TPSA) is 3.24 Å². The zero-order valence-corrected chi connectivity index (χ0v) is 34.9.